The molecule has 0 aliphatic heterocycles. The van der Waals surface area contributed by atoms with Crippen LogP contribution in [0.25, 0.3) is 0 Å². The van der Waals surface area contributed by atoms with Gasteiger partial charge in [-0.3, -0.25) is 4.79 Å². The molecule has 0 aromatic carbocycles. The van der Waals surface area contributed by atoms with Gasteiger partial charge in [0.25, 0.3) is 0 Å². The van der Waals surface area contributed by atoms with Gasteiger partial charge in [-0.05, 0) is 51.0 Å². The van der Waals surface area contributed by atoms with E-state index in [9.17, 15) is 14.0 Å². The quantitative estimate of drug-likeness (QED) is 0.112. The van der Waals surface area contributed by atoms with Crippen LogP contribution in [0.3, 0.4) is 0 Å². The van der Waals surface area contributed by atoms with E-state index in [1.54, 1.807) is 13.0 Å². The van der Waals surface area contributed by atoms with Gasteiger partial charge in [0.1, 0.15) is 0 Å². The van der Waals surface area contributed by atoms with Crippen LogP contribution >= 0.6 is 0 Å². The van der Waals surface area contributed by atoms with Crippen LogP contribution in [0.4, 0.5) is 4.39 Å². The van der Waals surface area contributed by atoms with Gasteiger partial charge < -0.3 is 20.5 Å². The number of hydrogen-bond donors (Lipinski definition) is 2. The first-order valence-electron chi connectivity index (χ1n) is 12.8. The van der Waals surface area contributed by atoms with Gasteiger partial charge in [0.2, 0.25) is 0 Å². The second kappa shape index (κ2) is 19.5. The van der Waals surface area contributed by atoms with E-state index in [1.165, 1.54) is 12.2 Å². The Balaban J connectivity index is 0.00000596. The molecule has 0 fully saturated rings. The van der Waals surface area contributed by atoms with Crippen molar-refractivity contribution < 1.29 is 23.5 Å². The van der Waals surface area contributed by atoms with Crippen LogP contribution in [-0.4, -0.2) is 44.3 Å². The molecular weight excluding hydrogens is 459 g/mol. The van der Waals surface area contributed by atoms with E-state index in [0.29, 0.717) is 55.2 Å². The highest BCUT2D eigenvalue weighted by Gasteiger charge is 2.28. The molecule has 6 nitrogen and oxygen atoms in total. The van der Waals surface area contributed by atoms with Gasteiger partial charge in [0.15, 0.2) is 12.0 Å². The molecule has 0 saturated carbocycles. The molecule has 0 aromatic rings. The van der Waals surface area contributed by atoms with Gasteiger partial charge in [0.05, 0.1) is 31.1 Å². The summed E-state index contributed by atoms with van der Waals surface area (Å²) in [6.45, 7) is 12.8. The molecule has 0 aromatic heterocycles. The molecule has 2 atom stereocenters. The van der Waals surface area contributed by atoms with Crippen LogP contribution in [-0.2, 0) is 19.1 Å². The van der Waals surface area contributed by atoms with Gasteiger partial charge >= 0.3 is 5.97 Å². The predicted molar refractivity (Wildman–Crippen MR) is 145 cm³/mol. The van der Waals surface area contributed by atoms with Crippen molar-refractivity contribution in [3.05, 3.63) is 46.8 Å². The largest absolute Gasteiger partial charge is 0.463 e. The van der Waals surface area contributed by atoms with Gasteiger partial charge in [-0.15, -0.1) is 6.42 Å². The number of nitrogens with one attached hydrogen (secondary N) is 1. The second-order valence-corrected chi connectivity index (χ2v) is 8.50. The zero-order chi connectivity index (χ0) is 27.5. The minimum absolute atomic E-state index is 0.111. The maximum atomic E-state index is 13.1. The van der Waals surface area contributed by atoms with Crippen LogP contribution in [0, 0.1) is 24.2 Å². The first-order chi connectivity index (χ1) is 17.2. The molecule has 202 valence electrons. The number of ketones is 1. The van der Waals surface area contributed by atoms with Crippen LogP contribution < -0.4 is 11.1 Å². The number of alkyl halides is 1. The summed E-state index contributed by atoms with van der Waals surface area (Å²) in [4.78, 5) is 25.4. The Bertz CT molecular complexity index is 850. The normalized spacial score (nSPS) is 17.6. The van der Waals surface area contributed by atoms with Gasteiger partial charge in [0, 0.05) is 24.2 Å². The SMILES string of the molecule is C#CC(F)/C=C\C=C/CC/C(C(=O)OCC)=C(/COCCN)NC1=C(C)C(=O)CC(C(C)C)C1.CC. The lowest BCUT2D eigenvalue weighted by molar-refractivity contribution is -0.138. The van der Waals surface area contributed by atoms with Crippen molar-refractivity contribution in [2.45, 2.75) is 73.4 Å². The van der Waals surface area contributed by atoms with Crippen molar-refractivity contribution >= 4 is 11.8 Å². The lowest BCUT2D eigenvalue weighted by Crippen LogP contribution is -2.31. The molecule has 1 aliphatic rings. The number of carbonyl (C=O) groups excluding carboxylic acids is 2. The number of ether oxygens (including phenoxy) is 2. The first-order valence-corrected chi connectivity index (χ1v) is 12.8. The van der Waals surface area contributed by atoms with E-state index in [4.69, 9.17) is 21.6 Å². The summed E-state index contributed by atoms with van der Waals surface area (Å²) in [5.41, 5.74) is 8.07. The molecule has 36 heavy (non-hydrogen) atoms. The number of rotatable bonds is 14. The maximum absolute atomic E-state index is 13.1. The summed E-state index contributed by atoms with van der Waals surface area (Å²) in [6.07, 6.45) is 12.0. The van der Waals surface area contributed by atoms with E-state index in [0.717, 1.165) is 12.1 Å². The van der Waals surface area contributed by atoms with Crippen molar-refractivity contribution in [1.29, 1.82) is 0 Å². The topological polar surface area (TPSA) is 90.7 Å². The van der Waals surface area contributed by atoms with Crippen molar-refractivity contribution in [2.24, 2.45) is 17.6 Å². The second-order valence-electron chi connectivity index (χ2n) is 8.50. The van der Waals surface area contributed by atoms with Crippen molar-refractivity contribution in [3.8, 4) is 12.3 Å². The summed E-state index contributed by atoms with van der Waals surface area (Å²) < 4.78 is 24.1. The van der Waals surface area contributed by atoms with E-state index >= 15 is 0 Å². The predicted octanol–water partition coefficient (Wildman–Crippen LogP) is 5.17. The molecule has 1 rings (SSSR count). The Morgan fingerprint density at radius 1 is 1.31 bits per heavy atom. The third-order valence-electron chi connectivity index (χ3n) is 5.67. The molecule has 1 aliphatic carbocycles. The highest BCUT2D eigenvalue weighted by Crippen LogP contribution is 2.31. The number of halogens is 1. The Labute approximate surface area is 217 Å². The minimum atomic E-state index is -1.43. The zero-order valence-corrected chi connectivity index (χ0v) is 22.9. The third-order valence-corrected chi connectivity index (χ3v) is 5.67. The van der Waals surface area contributed by atoms with Crippen molar-refractivity contribution in [3.63, 3.8) is 0 Å². The Morgan fingerprint density at radius 3 is 2.58 bits per heavy atom. The summed E-state index contributed by atoms with van der Waals surface area (Å²) in [5.74, 6) is 2.24. The molecule has 7 heteroatoms. The molecule has 0 amide bonds. The molecular formula is C29H45FN2O4. The fourth-order valence-corrected chi connectivity index (χ4v) is 3.52. The minimum Gasteiger partial charge on any atom is -0.463 e. The van der Waals surface area contributed by atoms with E-state index < -0.39 is 12.1 Å². The Morgan fingerprint density at radius 2 is 2.00 bits per heavy atom. The summed E-state index contributed by atoms with van der Waals surface area (Å²) in [6, 6.07) is 0. The molecule has 0 spiro atoms. The fourth-order valence-electron chi connectivity index (χ4n) is 3.52. The number of terminal acetylenes is 1. The lowest BCUT2D eigenvalue weighted by atomic mass is 9.80. The van der Waals surface area contributed by atoms with Crippen LogP contribution in [0.2, 0.25) is 0 Å². The highest BCUT2D eigenvalue weighted by molar-refractivity contribution is 5.96. The molecule has 0 bridgehead atoms. The van der Waals surface area contributed by atoms with Crippen LogP contribution in [0.15, 0.2) is 46.8 Å². The van der Waals surface area contributed by atoms with Crippen molar-refractivity contribution in [1.82, 2.24) is 5.32 Å². The van der Waals surface area contributed by atoms with Gasteiger partial charge in [-0.2, -0.15) is 0 Å². The highest BCUT2D eigenvalue weighted by atomic mass is 19.1. The Hall–Kier alpha value is -2.69. The molecule has 3 N–H and O–H groups in total. The zero-order valence-electron chi connectivity index (χ0n) is 22.9. The van der Waals surface area contributed by atoms with Gasteiger partial charge in [-0.25, -0.2) is 9.18 Å². The number of nitrogens with two attached hydrogens (primary N) is 1. The summed E-state index contributed by atoms with van der Waals surface area (Å²) >= 11 is 0. The average molecular weight is 505 g/mol. The number of esters is 1. The standard InChI is InChI=1S/C27H39FN2O4.C2H6/c1-6-22(28)12-10-8-9-11-13-23(27(32)34-7-2)25(18-33-15-14-29)30-24-16-21(19(3)4)17-26(31)20(24)5;1-2/h1,8-10,12,19,21-22,30H,7,11,13-18,29H2,2-5H3;1-2H3/b9-8-,12-10-,25-23+;. The third kappa shape index (κ3) is 12.3. The van der Waals surface area contributed by atoms with Gasteiger partial charge in [-0.1, -0.05) is 51.8 Å². The molecule has 0 heterocycles. The van der Waals surface area contributed by atoms with Crippen LogP contribution in [0.5, 0.6) is 0 Å². The maximum Gasteiger partial charge on any atom is 0.335 e. The number of carbonyl (C=O) groups is 2. The summed E-state index contributed by atoms with van der Waals surface area (Å²) in [5, 5.41) is 3.36. The lowest BCUT2D eigenvalue weighted by Gasteiger charge is -2.29. The smallest absolute Gasteiger partial charge is 0.335 e. The molecule has 0 radical (unpaired) electrons. The number of allylic oxidation sites excluding steroid dienone is 6. The number of Topliss-reactive ketones (excluding diaryl/α,β-unsaturated/α-hetero) is 1. The van der Waals surface area contributed by atoms with Crippen LogP contribution in [0.1, 0.15) is 67.2 Å². The molecule has 2 unspecified atom stereocenters. The number of hydrogen-bond acceptors (Lipinski definition) is 6. The van der Waals surface area contributed by atoms with E-state index in [1.807, 2.05) is 32.8 Å². The van der Waals surface area contributed by atoms with E-state index in [2.05, 4.69) is 19.2 Å². The van der Waals surface area contributed by atoms with E-state index in [-0.39, 0.29) is 24.9 Å². The monoisotopic (exact) mass is 504 g/mol. The molecule has 0 saturated heterocycles. The fraction of sp³-hybridized carbons (Fsp3) is 0.586. The Kier molecular flexibility index (Phi) is 18.0. The first kappa shape index (κ1) is 33.3. The summed E-state index contributed by atoms with van der Waals surface area (Å²) in [7, 11) is 0. The average Bonchev–Trinajstić information content (AvgIpc) is 2.86. The van der Waals surface area contributed by atoms with Crippen molar-refractivity contribution in [2.75, 3.05) is 26.4 Å².